The topological polar surface area (TPSA) is 58.3 Å². The van der Waals surface area contributed by atoms with Crippen LogP contribution in [0.4, 0.5) is 4.39 Å². The van der Waals surface area contributed by atoms with Gasteiger partial charge in [-0.15, -0.1) is 0 Å². The summed E-state index contributed by atoms with van der Waals surface area (Å²) in [5.41, 5.74) is 0.400. The van der Waals surface area contributed by atoms with Gasteiger partial charge in [0.1, 0.15) is 5.82 Å². The molecule has 0 saturated carbocycles. The molecule has 2 rings (SSSR count). The van der Waals surface area contributed by atoms with Gasteiger partial charge in [-0.05, 0) is 17.6 Å². The van der Waals surface area contributed by atoms with Crippen molar-refractivity contribution in [3.05, 3.63) is 48.0 Å². The van der Waals surface area contributed by atoms with Crippen LogP contribution in [0, 0.1) is 5.82 Å². The van der Waals surface area contributed by atoms with Crippen LogP contribution < -0.4 is 5.46 Å². The van der Waals surface area contributed by atoms with Crippen molar-refractivity contribution in [2.75, 3.05) is 0 Å². The second-order valence-electron chi connectivity index (χ2n) is 3.38. The highest BCUT2D eigenvalue weighted by Crippen LogP contribution is 2.06. The molecule has 0 fully saturated rings. The van der Waals surface area contributed by atoms with Crippen LogP contribution in [0.5, 0.6) is 0 Å². The number of halogens is 1. The molecule has 2 aromatic rings. The van der Waals surface area contributed by atoms with Crippen molar-refractivity contribution < 1.29 is 14.4 Å². The molecule has 2 N–H and O–H groups in total. The van der Waals surface area contributed by atoms with E-state index in [1.807, 2.05) is 0 Å². The zero-order valence-electron chi connectivity index (χ0n) is 8.42. The predicted octanol–water partition coefficient (Wildman–Crippen LogP) is -0.250. The molecule has 6 heteroatoms. The van der Waals surface area contributed by atoms with E-state index in [0.29, 0.717) is 0 Å². The molecule has 0 saturated heterocycles. The largest absolute Gasteiger partial charge is 0.488 e. The highest BCUT2D eigenvalue weighted by atomic mass is 19.1. The van der Waals surface area contributed by atoms with Crippen molar-refractivity contribution in [2.45, 2.75) is 6.54 Å². The molecule has 0 aliphatic rings. The van der Waals surface area contributed by atoms with Gasteiger partial charge < -0.3 is 10.0 Å². The zero-order chi connectivity index (χ0) is 11.5. The first-order chi connectivity index (χ1) is 7.68. The van der Waals surface area contributed by atoms with Gasteiger partial charge in [0.15, 0.2) is 0 Å². The van der Waals surface area contributed by atoms with E-state index in [0.717, 1.165) is 0 Å². The van der Waals surface area contributed by atoms with Crippen LogP contribution in [0.2, 0.25) is 0 Å². The number of hydrogen-bond donors (Lipinski definition) is 2. The molecule has 4 nitrogen and oxygen atoms in total. The maximum atomic E-state index is 13.5. The Labute approximate surface area is 92.1 Å². The van der Waals surface area contributed by atoms with Crippen molar-refractivity contribution in [1.82, 2.24) is 9.78 Å². The molecule has 0 amide bonds. The molecule has 1 aromatic heterocycles. The first kappa shape index (κ1) is 10.8. The third-order valence-electron chi connectivity index (χ3n) is 2.31. The third kappa shape index (κ3) is 2.12. The predicted molar refractivity (Wildman–Crippen MR) is 57.6 cm³/mol. The lowest BCUT2D eigenvalue weighted by molar-refractivity contribution is 0.424. The maximum Gasteiger partial charge on any atom is 0.488 e. The molecular formula is C10H10BFN2O2. The Hall–Kier alpha value is -1.66. The van der Waals surface area contributed by atoms with Gasteiger partial charge in [0.25, 0.3) is 0 Å². The molecule has 0 aliphatic carbocycles. The molecule has 1 aromatic carbocycles. The summed E-state index contributed by atoms with van der Waals surface area (Å²) < 4.78 is 15.1. The quantitative estimate of drug-likeness (QED) is 0.701. The molecular weight excluding hydrogens is 210 g/mol. The zero-order valence-corrected chi connectivity index (χ0v) is 8.42. The fourth-order valence-electron chi connectivity index (χ4n) is 1.54. The molecule has 0 aliphatic heterocycles. The van der Waals surface area contributed by atoms with Gasteiger partial charge in [-0.25, -0.2) is 4.39 Å². The Balaban J connectivity index is 2.38. The Morgan fingerprint density at radius 3 is 2.75 bits per heavy atom. The second kappa shape index (κ2) is 4.46. The minimum Gasteiger partial charge on any atom is -0.423 e. The van der Waals surface area contributed by atoms with Gasteiger partial charge in [-0.3, -0.25) is 4.68 Å². The third-order valence-corrected chi connectivity index (χ3v) is 2.31. The fraction of sp³-hybridized carbons (Fsp3) is 0.100. The van der Waals surface area contributed by atoms with E-state index in [-0.39, 0.29) is 17.6 Å². The van der Waals surface area contributed by atoms with E-state index in [2.05, 4.69) is 5.10 Å². The Morgan fingerprint density at radius 1 is 1.31 bits per heavy atom. The monoisotopic (exact) mass is 220 g/mol. The molecule has 0 atom stereocenters. The van der Waals surface area contributed by atoms with Crippen molar-refractivity contribution >= 4 is 12.6 Å². The average molecular weight is 220 g/mol. The van der Waals surface area contributed by atoms with Crippen LogP contribution in [0.1, 0.15) is 5.56 Å². The molecule has 82 valence electrons. The summed E-state index contributed by atoms with van der Waals surface area (Å²) in [6, 6.07) is 5.92. The van der Waals surface area contributed by atoms with E-state index in [4.69, 9.17) is 10.0 Å². The van der Waals surface area contributed by atoms with Crippen LogP contribution in [0.15, 0.2) is 36.7 Å². The minimum absolute atomic E-state index is 0.163. The Bertz CT molecular complexity index is 474. The normalized spacial score (nSPS) is 10.4. The maximum absolute atomic E-state index is 13.5. The van der Waals surface area contributed by atoms with Crippen molar-refractivity contribution in [3.8, 4) is 0 Å². The lowest BCUT2D eigenvalue weighted by Crippen LogP contribution is -2.34. The Kier molecular flexibility index (Phi) is 3.03. The minimum atomic E-state index is -1.68. The lowest BCUT2D eigenvalue weighted by Gasteiger charge is -2.09. The van der Waals surface area contributed by atoms with Gasteiger partial charge in [-0.1, -0.05) is 12.1 Å². The van der Waals surface area contributed by atoms with E-state index in [1.165, 1.54) is 22.9 Å². The molecule has 0 bridgehead atoms. The first-order valence-corrected chi connectivity index (χ1v) is 4.79. The SMILES string of the molecule is OB(O)c1cccc(F)c1Cn1cccn1. The number of benzene rings is 1. The van der Waals surface area contributed by atoms with E-state index in [9.17, 15) is 4.39 Å². The lowest BCUT2D eigenvalue weighted by atomic mass is 9.77. The molecule has 0 radical (unpaired) electrons. The average Bonchev–Trinajstić information content (AvgIpc) is 2.73. The summed E-state index contributed by atoms with van der Waals surface area (Å²) in [5, 5.41) is 22.2. The van der Waals surface area contributed by atoms with Crippen LogP contribution in [-0.4, -0.2) is 26.9 Å². The number of rotatable bonds is 3. The van der Waals surface area contributed by atoms with Gasteiger partial charge in [0.2, 0.25) is 0 Å². The molecule has 1 heterocycles. The van der Waals surface area contributed by atoms with Crippen LogP contribution in [-0.2, 0) is 6.54 Å². The van der Waals surface area contributed by atoms with E-state index < -0.39 is 12.9 Å². The Morgan fingerprint density at radius 2 is 2.12 bits per heavy atom. The highest BCUT2D eigenvalue weighted by molar-refractivity contribution is 6.59. The summed E-state index contributed by atoms with van der Waals surface area (Å²) in [4.78, 5) is 0. The molecule has 16 heavy (non-hydrogen) atoms. The first-order valence-electron chi connectivity index (χ1n) is 4.79. The molecule has 0 unspecified atom stereocenters. The number of nitrogens with zero attached hydrogens (tertiary/aromatic N) is 2. The number of hydrogen-bond acceptors (Lipinski definition) is 3. The summed E-state index contributed by atoms with van der Waals surface area (Å²) >= 11 is 0. The molecule has 0 spiro atoms. The van der Waals surface area contributed by atoms with Crippen LogP contribution >= 0.6 is 0 Å². The van der Waals surface area contributed by atoms with Crippen molar-refractivity contribution in [1.29, 1.82) is 0 Å². The van der Waals surface area contributed by atoms with Crippen LogP contribution in [0.25, 0.3) is 0 Å². The smallest absolute Gasteiger partial charge is 0.423 e. The summed E-state index contributed by atoms with van der Waals surface area (Å²) in [5.74, 6) is -0.471. The second-order valence-corrected chi connectivity index (χ2v) is 3.38. The summed E-state index contributed by atoms with van der Waals surface area (Å²) in [6.45, 7) is 0.173. The summed E-state index contributed by atoms with van der Waals surface area (Å²) in [7, 11) is -1.68. The van der Waals surface area contributed by atoms with Gasteiger partial charge in [0.05, 0.1) is 6.54 Å². The van der Waals surface area contributed by atoms with Crippen molar-refractivity contribution in [2.24, 2.45) is 0 Å². The van der Waals surface area contributed by atoms with Gasteiger partial charge >= 0.3 is 7.12 Å². The van der Waals surface area contributed by atoms with E-state index >= 15 is 0 Å². The highest BCUT2D eigenvalue weighted by Gasteiger charge is 2.18. The summed E-state index contributed by atoms with van der Waals surface area (Å²) in [6.07, 6.45) is 3.26. The number of aromatic nitrogens is 2. The standard InChI is InChI=1S/C10H10BFN2O2/c12-10-4-1-3-9(11(15)16)8(10)7-14-6-2-5-13-14/h1-6,15-16H,7H2. The van der Waals surface area contributed by atoms with Crippen molar-refractivity contribution in [3.63, 3.8) is 0 Å². The fourth-order valence-corrected chi connectivity index (χ4v) is 1.54. The van der Waals surface area contributed by atoms with Gasteiger partial charge in [-0.2, -0.15) is 5.10 Å². The van der Waals surface area contributed by atoms with Crippen LogP contribution in [0.3, 0.4) is 0 Å². The van der Waals surface area contributed by atoms with E-state index in [1.54, 1.807) is 18.5 Å². The van der Waals surface area contributed by atoms with Gasteiger partial charge in [0, 0.05) is 18.0 Å².